The van der Waals surface area contributed by atoms with Crippen molar-refractivity contribution in [3.8, 4) is 5.75 Å². The van der Waals surface area contributed by atoms with Crippen LogP contribution in [0.25, 0.3) is 0 Å². The fourth-order valence-electron chi connectivity index (χ4n) is 4.01. The molecule has 0 unspecified atom stereocenters. The van der Waals surface area contributed by atoms with Gasteiger partial charge in [-0.25, -0.2) is 0 Å². The third-order valence-electron chi connectivity index (χ3n) is 5.37. The highest BCUT2D eigenvalue weighted by atomic mass is 16.8. The Morgan fingerprint density at radius 2 is 1.70 bits per heavy atom. The van der Waals surface area contributed by atoms with E-state index in [2.05, 4.69) is 13.8 Å². The molecule has 0 bridgehead atoms. The molecule has 1 aromatic rings. The summed E-state index contributed by atoms with van der Waals surface area (Å²) in [7, 11) is 0. The average Bonchev–Trinajstić information content (AvgIpc) is 3.28. The molecule has 1 aromatic carbocycles. The normalized spacial score (nSPS) is 34.4. The van der Waals surface area contributed by atoms with E-state index in [1.807, 2.05) is 52.0 Å². The lowest BCUT2D eigenvalue weighted by atomic mass is 10.1. The first kappa shape index (κ1) is 22.0. The van der Waals surface area contributed by atoms with E-state index in [0.29, 0.717) is 25.7 Å². The van der Waals surface area contributed by atoms with E-state index in [9.17, 15) is 0 Å². The zero-order chi connectivity index (χ0) is 21.5. The van der Waals surface area contributed by atoms with Gasteiger partial charge in [-0.15, -0.1) is 0 Å². The topological polar surface area (TPSA) is 64.6 Å². The van der Waals surface area contributed by atoms with Gasteiger partial charge in [0.25, 0.3) is 0 Å². The Bertz CT molecular complexity index is 715. The predicted molar refractivity (Wildman–Crippen MR) is 109 cm³/mol. The maximum absolute atomic E-state index is 6.32. The molecule has 3 heterocycles. The summed E-state index contributed by atoms with van der Waals surface area (Å²) in [5, 5.41) is 0. The zero-order valence-electron chi connectivity index (χ0n) is 18.8. The van der Waals surface area contributed by atoms with Crippen molar-refractivity contribution in [2.24, 2.45) is 5.92 Å². The fourth-order valence-corrected chi connectivity index (χ4v) is 4.01. The summed E-state index contributed by atoms with van der Waals surface area (Å²) < 4.78 is 42.1. The number of hydrogen-bond acceptors (Lipinski definition) is 7. The summed E-state index contributed by atoms with van der Waals surface area (Å²) in [5.74, 6) is 0.0136. The van der Waals surface area contributed by atoms with E-state index in [-0.39, 0.29) is 24.4 Å². The largest absolute Gasteiger partial charge is 0.493 e. The van der Waals surface area contributed by atoms with Crippen molar-refractivity contribution >= 4 is 0 Å². The van der Waals surface area contributed by atoms with Crippen molar-refractivity contribution < 1.29 is 33.2 Å². The Balaban J connectivity index is 1.41. The minimum atomic E-state index is -0.705. The number of benzene rings is 1. The van der Waals surface area contributed by atoms with Gasteiger partial charge in [-0.05, 0) is 51.3 Å². The minimum Gasteiger partial charge on any atom is -0.493 e. The van der Waals surface area contributed by atoms with Gasteiger partial charge >= 0.3 is 0 Å². The summed E-state index contributed by atoms with van der Waals surface area (Å²) in [6, 6.07) is 7.99. The lowest BCUT2D eigenvalue weighted by Gasteiger charge is -2.29. The predicted octanol–water partition coefficient (Wildman–Crippen LogP) is 3.63. The van der Waals surface area contributed by atoms with Gasteiger partial charge in [-0.1, -0.05) is 26.0 Å². The third kappa shape index (κ3) is 4.98. The maximum atomic E-state index is 6.32. The van der Waals surface area contributed by atoms with Crippen LogP contribution in [0.3, 0.4) is 0 Å². The van der Waals surface area contributed by atoms with Crippen LogP contribution in [-0.4, -0.2) is 55.5 Å². The number of ether oxygens (including phenoxy) is 7. The molecule has 3 aliphatic heterocycles. The van der Waals surface area contributed by atoms with Crippen LogP contribution in [0.1, 0.15) is 47.1 Å². The van der Waals surface area contributed by atoms with Crippen molar-refractivity contribution in [1.82, 2.24) is 0 Å². The first-order valence-electron chi connectivity index (χ1n) is 10.8. The molecule has 4 rings (SSSR count). The van der Waals surface area contributed by atoms with E-state index in [1.165, 1.54) is 0 Å². The van der Waals surface area contributed by atoms with Crippen LogP contribution >= 0.6 is 0 Å². The van der Waals surface area contributed by atoms with E-state index >= 15 is 0 Å². The molecular formula is C23H34O7. The summed E-state index contributed by atoms with van der Waals surface area (Å²) in [6.45, 7) is 13.4. The van der Waals surface area contributed by atoms with Crippen molar-refractivity contribution in [2.75, 3.05) is 13.2 Å². The Morgan fingerprint density at radius 3 is 2.33 bits per heavy atom. The lowest BCUT2D eigenvalue weighted by Crippen LogP contribution is -2.44. The van der Waals surface area contributed by atoms with Gasteiger partial charge in [0.2, 0.25) is 0 Å². The van der Waals surface area contributed by atoms with Crippen molar-refractivity contribution in [2.45, 2.75) is 90.4 Å². The van der Waals surface area contributed by atoms with E-state index < -0.39 is 17.9 Å². The van der Waals surface area contributed by atoms with Gasteiger partial charge in [-0.2, -0.15) is 0 Å². The lowest BCUT2D eigenvalue weighted by molar-refractivity contribution is -0.236. The van der Waals surface area contributed by atoms with Gasteiger partial charge in [-0.3, -0.25) is 0 Å². The molecule has 0 radical (unpaired) electrons. The first-order valence-corrected chi connectivity index (χ1v) is 10.8. The molecule has 0 aromatic heterocycles. The van der Waals surface area contributed by atoms with Crippen LogP contribution in [0.15, 0.2) is 24.3 Å². The zero-order valence-corrected chi connectivity index (χ0v) is 18.8. The third-order valence-corrected chi connectivity index (χ3v) is 5.37. The minimum absolute atomic E-state index is 0.238. The van der Waals surface area contributed by atoms with Crippen LogP contribution in [0.4, 0.5) is 0 Å². The van der Waals surface area contributed by atoms with Gasteiger partial charge in [0.15, 0.2) is 17.9 Å². The highest BCUT2D eigenvalue weighted by molar-refractivity contribution is 5.27. The molecule has 0 N–H and O–H groups in total. The van der Waals surface area contributed by atoms with Gasteiger partial charge < -0.3 is 33.2 Å². The highest BCUT2D eigenvalue weighted by Gasteiger charge is 2.58. The van der Waals surface area contributed by atoms with Crippen LogP contribution < -0.4 is 4.74 Å². The first-order chi connectivity index (χ1) is 14.1. The number of rotatable bonds is 7. The quantitative estimate of drug-likeness (QED) is 0.665. The molecular weight excluding hydrogens is 388 g/mol. The Morgan fingerprint density at radius 1 is 0.967 bits per heavy atom. The van der Waals surface area contributed by atoms with Crippen LogP contribution in [0, 0.1) is 5.92 Å². The molecule has 0 spiro atoms. The second kappa shape index (κ2) is 8.37. The summed E-state index contributed by atoms with van der Waals surface area (Å²) in [5.41, 5.74) is 1.05. The average molecular weight is 423 g/mol. The molecule has 7 heteroatoms. The molecule has 168 valence electrons. The highest BCUT2D eigenvalue weighted by Crippen LogP contribution is 2.42. The Labute approximate surface area is 178 Å². The van der Waals surface area contributed by atoms with E-state index in [0.717, 1.165) is 11.3 Å². The molecule has 0 saturated carbocycles. The Hall–Kier alpha value is -1.22. The number of fused-ring (bicyclic) bond motifs is 1. The second-order valence-corrected chi connectivity index (χ2v) is 9.56. The number of hydrogen-bond donors (Lipinski definition) is 0. The van der Waals surface area contributed by atoms with E-state index in [4.69, 9.17) is 33.2 Å². The van der Waals surface area contributed by atoms with Gasteiger partial charge in [0.1, 0.15) is 30.2 Å². The maximum Gasteiger partial charge on any atom is 0.190 e. The van der Waals surface area contributed by atoms with Gasteiger partial charge in [0.05, 0.1) is 19.8 Å². The van der Waals surface area contributed by atoms with Crippen molar-refractivity contribution in [3.05, 3.63) is 29.8 Å². The van der Waals surface area contributed by atoms with Crippen LogP contribution in [0.2, 0.25) is 0 Å². The van der Waals surface area contributed by atoms with E-state index in [1.54, 1.807) is 0 Å². The SMILES string of the molecule is CC(C)COc1ccc(CO[C@@H]2[C@H]3OC(C)(C)O[C@H]3O[C@@H]2[C@@H]2COC(C)(C)O2)cc1. The summed E-state index contributed by atoms with van der Waals surface area (Å²) in [4.78, 5) is 0. The summed E-state index contributed by atoms with van der Waals surface area (Å²) >= 11 is 0. The molecule has 5 atom stereocenters. The summed E-state index contributed by atoms with van der Waals surface area (Å²) in [6.07, 6.45) is -1.68. The van der Waals surface area contributed by atoms with Gasteiger partial charge in [0, 0.05) is 0 Å². The van der Waals surface area contributed by atoms with Crippen molar-refractivity contribution in [3.63, 3.8) is 0 Å². The molecule has 7 nitrogen and oxygen atoms in total. The molecule has 3 fully saturated rings. The molecule has 3 aliphatic rings. The smallest absolute Gasteiger partial charge is 0.190 e. The molecule has 0 amide bonds. The molecule has 0 aliphatic carbocycles. The standard InChI is InChI=1S/C23H34O7/c1-14(2)11-24-16-9-7-15(8-10-16)12-25-19-18(17-13-26-22(3,4)28-17)27-21-20(19)29-23(5,6)30-21/h7-10,14,17-21H,11-13H2,1-6H3/t17-,18+,19-,20+,21+/m0/s1. The Kier molecular flexibility index (Phi) is 6.14. The van der Waals surface area contributed by atoms with Crippen LogP contribution in [0.5, 0.6) is 5.75 Å². The fraction of sp³-hybridized carbons (Fsp3) is 0.739. The second-order valence-electron chi connectivity index (χ2n) is 9.56. The molecule has 3 saturated heterocycles. The van der Waals surface area contributed by atoms with Crippen molar-refractivity contribution in [1.29, 1.82) is 0 Å². The van der Waals surface area contributed by atoms with Crippen LogP contribution in [-0.2, 0) is 35.0 Å². The monoisotopic (exact) mass is 422 g/mol. The molecule has 30 heavy (non-hydrogen) atoms.